The highest BCUT2D eigenvalue weighted by Gasteiger charge is 2.40. The highest BCUT2D eigenvalue weighted by atomic mass is 19.4. The third-order valence-electron chi connectivity index (χ3n) is 6.47. The van der Waals surface area contributed by atoms with E-state index in [1.54, 1.807) is 36.4 Å². The first-order valence-electron chi connectivity index (χ1n) is 11.7. The number of carboxylic acids is 1. The summed E-state index contributed by atoms with van der Waals surface area (Å²) in [5.41, 5.74) is 2.66. The van der Waals surface area contributed by atoms with Crippen LogP contribution in [0.2, 0.25) is 0 Å². The molecule has 0 spiro atoms. The first kappa shape index (κ1) is 25.9. The predicted molar refractivity (Wildman–Crippen MR) is 134 cm³/mol. The Morgan fingerprint density at radius 2 is 1.84 bits per heavy atom. The Bertz CT molecular complexity index is 1400. The molecule has 6 nitrogen and oxygen atoms in total. The van der Waals surface area contributed by atoms with Crippen molar-refractivity contribution in [3.8, 4) is 5.75 Å². The first-order chi connectivity index (χ1) is 17.5. The van der Waals surface area contributed by atoms with Crippen molar-refractivity contribution in [2.24, 2.45) is 4.99 Å². The number of hydrogen-bond acceptors (Lipinski definition) is 4. The van der Waals surface area contributed by atoms with Crippen molar-refractivity contribution >= 4 is 35.2 Å². The molecule has 1 unspecified atom stereocenters. The molecule has 1 atom stereocenters. The monoisotopic (exact) mass is 510 g/mol. The summed E-state index contributed by atoms with van der Waals surface area (Å²) >= 11 is 0. The van der Waals surface area contributed by atoms with Gasteiger partial charge in [-0.3, -0.25) is 19.5 Å². The van der Waals surface area contributed by atoms with Gasteiger partial charge in [-0.15, -0.1) is 0 Å². The molecule has 0 aromatic heterocycles. The van der Waals surface area contributed by atoms with Crippen molar-refractivity contribution in [2.45, 2.75) is 45.2 Å². The van der Waals surface area contributed by atoms with E-state index in [1.165, 1.54) is 17.2 Å². The Morgan fingerprint density at radius 1 is 1.08 bits per heavy atom. The molecule has 192 valence electrons. The molecule has 2 N–H and O–H groups in total. The van der Waals surface area contributed by atoms with Crippen LogP contribution in [0.5, 0.6) is 5.75 Å². The number of hydrogen-bond donors (Lipinski definition) is 2. The summed E-state index contributed by atoms with van der Waals surface area (Å²) in [6, 6.07) is 13.3. The number of phenolic OH excluding ortho intramolecular Hbond substituents is 1. The summed E-state index contributed by atoms with van der Waals surface area (Å²) < 4.78 is 40.5. The van der Waals surface area contributed by atoms with E-state index in [0.717, 1.165) is 23.3 Å². The van der Waals surface area contributed by atoms with Crippen molar-refractivity contribution in [2.75, 3.05) is 4.90 Å². The molecule has 0 saturated heterocycles. The molecule has 0 fully saturated rings. The van der Waals surface area contributed by atoms with Gasteiger partial charge in [0.25, 0.3) is 0 Å². The molecule has 0 saturated carbocycles. The Labute approximate surface area is 211 Å². The van der Waals surface area contributed by atoms with E-state index < -0.39 is 29.5 Å². The minimum absolute atomic E-state index is 0.0471. The van der Waals surface area contributed by atoms with Crippen LogP contribution in [0.1, 0.15) is 46.6 Å². The van der Waals surface area contributed by atoms with Crippen LogP contribution in [0, 0.1) is 13.8 Å². The number of aliphatic imine (C=N–C) groups is 1. The number of aliphatic carboxylic acids is 1. The van der Waals surface area contributed by atoms with E-state index in [9.17, 15) is 27.9 Å². The zero-order chi connectivity index (χ0) is 26.9. The van der Waals surface area contributed by atoms with E-state index in [-0.39, 0.29) is 23.5 Å². The lowest BCUT2D eigenvalue weighted by atomic mass is 10.00. The van der Waals surface area contributed by atoms with Crippen molar-refractivity contribution < 1.29 is 33.0 Å². The number of fused-ring (bicyclic) bond motifs is 1. The van der Waals surface area contributed by atoms with Crippen molar-refractivity contribution in [1.29, 1.82) is 0 Å². The summed E-state index contributed by atoms with van der Waals surface area (Å²) in [6.07, 6.45) is -2.64. The van der Waals surface area contributed by atoms with Crippen LogP contribution >= 0.6 is 0 Å². The summed E-state index contributed by atoms with van der Waals surface area (Å²) in [7, 11) is 0. The van der Waals surface area contributed by atoms with Gasteiger partial charge in [-0.2, -0.15) is 13.2 Å². The molecule has 3 aromatic carbocycles. The van der Waals surface area contributed by atoms with Gasteiger partial charge in [0.2, 0.25) is 5.91 Å². The number of aromatic hydroxyl groups is 1. The number of para-hydroxylation sites is 1. The fourth-order valence-electron chi connectivity index (χ4n) is 4.31. The second-order valence-electron chi connectivity index (χ2n) is 9.00. The standard InChI is InChI=1S/C28H25F3N2O4/c1-16-9-11-20(13-17(16)2)33-24-14-19(28(29,30)31)10-12-21(24)22(27(33)37)15-32-23-7-3-5-18(26(23)36)6-4-8-25(34)35/h3,5,7,9-15,22,36H,4,6,8H2,1-2H3,(H,34,35). The summed E-state index contributed by atoms with van der Waals surface area (Å²) in [6.45, 7) is 3.76. The third-order valence-corrected chi connectivity index (χ3v) is 6.47. The zero-order valence-electron chi connectivity index (χ0n) is 20.2. The maximum Gasteiger partial charge on any atom is 0.416 e. The molecule has 9 heteroatoms. The topological polar surface area (TPSA) is 90.2 Å². The number of carbonyl (C=O) groups excluding carboxylic acids is 1. The maximum atomic E-state index is 13.5. The minimum atomic E-state index is -4.58. The van der Waals surface area contributed by atoms with E-state index in [1.807, 2.05) is 13.8 Å². The first-order valence-corrected chi connectivity index (χ1v) is 11.7. The lowest BCUT2D eigenvalue weighted by Crippen LogP contribution is -2.24. The smallest absolute Gasteiger partial charge is 0.416 e. The van der Waals surface area contributed by atoms with Gasteiger partial charge >= 0.3 is 12.1 Å². The van der Waals surface area contributed by atoms with Crippen molar-refractivity contribution in [3.05, 3.63) is 82.4 Å². The van der Waals surface area contributed by atoms with Gasteiger partial charge in [-0.1, -0.05) is 24.3 Å². The fourth-order valence-corrected chi connectivity index (χ4v) is 4.31. The maximum absolute atomic E-state index is 13.5. The molecule has 1 aliphatic heterocycles. The van der Waals surface area contributed by atoms with Crippen molar-refractivity contribution in [3.63, 3.8) is 0 Å². The second-order valence-corrected chi connectivity index (χ2v) is 9.00. The molecule has 37 heavy (non-hydrogen) atoms. The lowest BCUT2D eigenvalue weighted by molar-refractivity contribution is -0.138. The number of phenols is 1. The highest BCUT2D eigenvalue weighted by Crippen LogP contribution is 2.45. The van der Waals surface area contributed by atoms with Crippen LogP contribution in [-0.2, 0) is 22.2 Å². The van der Waals surface area contributed by atoms with Gasteiger partial charge < -0.3 is 10.2 Å². The molecule has 1 heterocycles. The van der Waals surface area contributed by atoms with Crippen LogP contribution in [0.15, 0.2) is 59.6 Å². The van der Waals surface area contributed by atoms with Crippen LogP contribution in [0.25, 0.3) is 0 Å². The Balaban J connectivity index is 1.72. The Hall–Kier alpha value is -4.14. The van der Waals surface area contributed by atoms with Gasteiger partial charge in [0.05, 0.1) is 11.3 Å². The molecule has 1 aliphatic rings. The predicted octanol–water partition coefficient (Wildman–Crippen LogP) is 6.60. The molecule has 1 amide bonds. The Morgan fingerprint density at radius 3 is 2.51 bits per heavy atom. The molecule has 0 aliphatic carbocycles. The number of anilines is 2. The van der Waals surface area contributed by atoms with Gasteiger partial charge in [0.15, 0.2) is 0 Å². The summed E-state index contributed by atoms with van der Waals surface area (Å²) in [4.78, 5) is 29.9. The van der Waals surface area contributed by atoms with Crippen molar-refractivity contribution in [1.82, 2.24) is 0 Å². The summed E-state index contributed by atoms with van der Waals surface area (Å²) in [5, 5.41) is 19.5. The summed E-state index contributed by atoms with van der Waals surface area (Å²) in [5.74, 6) is -2.49. The number of carboxylic acid groups (broad SMARTS) is 1. The quantitative estimate of drug-likeness (QED) is 0.351. The number of nitrogens with zero attached hydrogens (tertiary/aromatic N) is 2. The normalized spacial score (nSPS) is 15.4. The lowest BCUT2D eigenvalue weighted by Gasteiger charge is -2.20. The molecular formula is C28H25F3N2O4. The van der Waals surface area contributed by atoms with Gasteiger partial charge in [-0.05, 0) is 79.3 Å². The van der Waals surface area contributed by atoms with Gasteiger partial charge in [0.1, 0.15) is 17.4 Å². The second kappa shape index (κ2) is 10.1. The number of carbonyl (C=O) groups is 2. The number of halogens is 3. The van der Waals surface area contributed by atoms with E-state index >= 15 is 0 Å². The zero-order valence-corrected chi connectivity index (χ0v) is 20.2. The van der Waals surface area contributed by atoms with Crippen LogP contribution in [-0.4, -0.2) is 28.3 Å². The van der Waals surface area contributed by atoms with E-state index in [4.69, 9.17) is 5.11 Å². The Kier molecular flexibility index (Phi) is 7.07. The molecule has 4 rings (SSSR count). The number of amides is 1. The fraction of sp³-hybridized carbons (Fsp3) is 0.250. The number of alkyl halides is 3. The SMILES string of the molecule is Cc1ccc(N2C(=O)C(C=Nc3cccc(CCCC(=O)O)c3O)c3ccc(C(F)(F)F)cc32)cc1C. The minimum Gasteiger partial charge on any atom is -0.505 e. The molecule has 0 bridgehead atoms. The number of rotatable bonds is 7. The average molecular weight is 511 g/mol. The highest BCUT2D eigenvalue weighted by molar-refractivity contribution is 6.17. The van der Waals surface area contributed by atoms with Crippen LogP contribution < -0.4 is 4.90 Å². The number of aryl methyl sites for hydroxylation is 3. The van der Waals surface area contributed by atoms with E-state index in [0.29, 0.717) is 29.7 Å². The molecule has 3 aromatic rings. The molecule has 0 radical (unpaired) electrons. The third kappa shape index (κ3) is 5.35. The number of benzene rings is 3. The van der Waals surface area contributed by atoms with Crippen LogP contribution in [0.3, 0.4) is 0 Å². The van der Waals surface area contributed by atoms with Gasteiger partial charge in [0, 0.05) is 18.3 Å². The molecular weight excluding hydrogens is 485 g/mol. The van der Waals surface area contributed by atoms with Crippen LogP contribution in [0.4, 0.5) is 30.2 Å². The van der Waals surface area contributed by atoms with Gasteiger partial charge in [-0.25, -0.2) is 0 Å². The largest absolute Gasteiger partial charge is 0.505 e. The average Bonchev–Trinajstić information content (AvgIpc) is 3.11. The van der Waals surface area contributed by atoms with E-state index in [2.05, 4.69) is 4.99 Å².